The topological polar surface area (TPSA) is 94.0 Å². The zero-order valence-electron chi connectivity index (χ0n) is 19.4. The van der Waals surface area contributed by atoms with Crippen LogP contribution in [0.4, 0.5) is 0 Å². The van der Waals surface area contributed by atoms with Crippen molar-refractivity contribution in [3.8, 4) is 11.5 Å². The summed E-state index contributed by atoms with van der Waals surface area (Å²) in [5.74, 6) is 0.247. The molecule has 178 valence electrons. The molecule has 0 saturated heterocycles. The van der Waals surface area contributed by atoms with Crippen molar-refractivity contribution in [2.45, 2.75) is 12.5 Å². The molecule has 8 nitrogen and oxygen atoms in total. The lowest BCUT2D eigenvalue weighted by molar-refractivity contribution is 0.0700. The van der Waals surface area contributed by atoms with Crippen molar-refractivity contribution in [2.75, 3.05) is 7.11 Å². The smallest absolute Gasteiger partial charge is 0.345 e. The number of aromatic nitrogens is 2. The maximum Gasteiger partial charge on any atom is 0.345 e. The van der Waals surface area contributed by atoms with Crippen molar-refractivity contribution in [2.24, 2.45) is 5.10 Å². The molecule has 2 aromatic carbocycles. The zero-order chi connectivity index (χ0) is 24.9. The van der Waals surface area contributed by atoms with Gasteiger partial charge in [0.15, 0.2) is 0 Å². The quantitative estimate of drug-likeness (QED) is 0.295. The van der Waals surface area contributed by atoms with E-state index in [1.165, 1.54) is 17.4 Å². The van der Waals surface area contributed by atoms with Gasteiger partial charge in [-0.2, -0.15) is 5.10 Å². The number of methoxy groups -OCH3 is 1. The molecule has 8 heteroatoms. The van der Waals surface area contributed by atoms with Gasteiger partial charge < -0.3 is 9.47 Å². The van der Waals surface area contributed by atoms with E-state index in [2.05, 4.69) is 9.97 Å². The molecule has 1 atom stereocenters. The Hall–Kier alpha value is -4.85. The second kappa shape index (κ2) is 10.2. The third-order valence-corrected chi connectivity index (χ3v) is 5.83. The monoisotopic (exact) mass is 478 g/mol. The fraction of sp³-hybridized carbons (Fsp3) is 0.107. The highest BCUT2D eigenvalue weighted by atomic mass is 16.5. The van der Waals surface area contributed by atoms with Gasteiger partial charge in [0.05, 0.1) is 30.0 Å². The Bertz CT molecular complexity index is 1410. The molecule has 36 heavy (non-hydrogen) atoms. The van der Waals surface area contributed by atoms with E-state index in [-0.39, 0.29) is 5.91 Å². The van der Waals surface area contributed by atoms with Gasteiger partial charge in [-0.3, -0.25) is 14.8 Å². The fourth-order valence-electron chi connectivity index (χ4n) is 4.01. The molecule has 1 amide bonds. The van der Waals surface area contributed by atoms with Crippen LogP contribution in [-0.4, -0.2) is 39.7 Å². The first-order valence-corrected chi connectivity index (χ1v) is 11.3. The van der Waals surface area contributed by atoms with Crippen LogP contribution in [0.15, 0.2) is 103 Å². The minimum Gasteiger partial charge on any atom is -0.497 e. The highest BCUT2D eigenvalue weighted by molar-refractivity contribution is 6.05. The van der Waals surface area contributed by atoms with E-state index in [9.17, 15) is 9.59 Å². The van der Waals surface area contributed by atoms with Gasteiger partial charge in [-0.15, -0.1) is 0 Å². The van der Waals surface area contributed by atoms with Gasteiger partial charge in [-0.1, -0.05) is 18.2 Å². The highest BCUT2D eigenvalue weighted by Crippen LogP contribution is 2.38. The summed E-state index contributed by atoms with van der Waals surface area (Å²) in [6, 6.07) is 20.9. The largest absolute Gasteiger partial charge is 0.497 e. The molecular weight excluding hydrogens is 456 g/mol. The van der Waals surface area contributed by atoms with Crippen LogP contribution in [0.2, 0.25) is 0 Å². The van der Waals surface area contributed by atoms with E-state index in [1.807, 2.05) is 36.4 Å². The van der Waals surface area contributed by atoms with Gasteiger partial charge in [0.25, 0.3) is 5.91 Å². The average molecular weight is 479 g/mol. The highest BCUT2D eigenvalue weighted by Gasteiger charge is 2.35. The first kappa shape index (κ1) is 22.9. The van der Waals surface area contributed by atoms with E-state index in [0.717, 1.165) is 17.0 Å². The van der Waals surface area contributed by atoms with Gasteiger partial charge in [-0.25, -0.2) is 9.80 Å². The summed E-state index contributed by atoms with van der Waals surface area (Å²) in [5, 5.41) is 6.15. The van der Waals surface area contributed by atoms with E-state index in [0.29, 0.717) is 28.9 Å². The Balaban J connectivity index is 1.51. The van der Waals surface area contributed by atoms with Crippen molar-refractivity contribution in [1.29, 1.82) is 0 Å². The molecular formula is C28H22N4O4. The van der Waals surface area contributed by atoms with Gasteiger partial charge in [0, 0.05) is 36.8 Å². The van der Waals surface area contributed by atoms with Crippen molar-refractivity contribution in [3.05, 3.63) is 120 Å². The summed E-state index contributed by atoms with van der Waals surface area (Å²) in [6.07, 6.45) is 6.58. The number of benzene rings is 2. The van der Waals surface area contributed by atoms with Gasteiger partial charge in [0.1, 0.15) is 11.5 Å². The minimum absolute atomic E-state index is 0.301. The molecule has 2 aromatic heterocycles. The van der Waals surface area contributed by atoms with E-state index < -0.39 is 12.0 Å². The van der Waals surface area contributed by atoms with Crippen molar-refractivity contribution >= 4 is 17.6 Å². The molecule has 0 radical (unpaired) electrons. The predicted molar refractivity (Wildman–Crippen MR) is 133 cm³/mol. The average Bonchev–Trinajstić information content (AvgIpc) is 3.39. The first-order chi connectivity index (χ1) is 17.6. The molecule has 5 rings (SSSR count). The maximum atomic E-state index is 13.5. The number of hydrazone groups is 1. The lowest BCUT2D eigenvalue weighted by atomic mass is 9.97. The number of rotatable bonds is 6. The molecule has 0 N–H and O–H groups in total. The predicted octanol–water partition coefficient (Wildman–Crippen LogP) is 4.70. The number of esters is 1. The molecule has 3 heterocycles. The molecule has 0 aliphatic carbocycles. The Labute approximate surface area is 207 Å². The van der Waals surface area contributed by atoms with E-state index in [1.54, 1.807) is 55.9 Å². The normalized spacial score (nSPS) is 14.8. The summed E-state index contributed by atoms with van der Waals surface area (Å²) < 4.78 is 11.0. The van der Waals surface area contributed by atoms with Crippen LogP contribution in [0.3, 0.4) is 0 Å². The van der Waals surface area contributed by atoms with Crippen molar-refractivity contribution in [1.82, 2.24) is 15.0 Å². The van der Waals surface area contributed by atoms with Gasteiger partial charge in [0.2, 0.25) is 0 Å². The second-order valence-electron chi connectivity index (χ2n) is 8.06. The summed E-state index contributed by atoms with van der Waals surface area (Å²) >= 11 is 0. The van der Waals surface area contributed by atoms with Crippen LogP contribution < -0.4 is 9.47 Å². The Morgan fingerprint density at radius 2 is 1.56 bits per heavy atom. The van der Waals surface area contributed by atoms with Crippen LogP contribution in [0.1, 0.15) is 44.3 Å². The van der Waals surface area contributed by atoms with Gasteiger partial charge >= 0.3 is 5.97 Å². The van der Waals surface area contributed by atoms with Crippen LogP contribution >= 0.6 is 0 Å². The Morgan fingerprint density at radius 1 is 0.861 bits per heavy atom. The number of pyridine rings is 2. The SMILES string of the molecule is COc1ccc(C2=NN(C(=O)c3cccnc3)C(c3ccccc3OC(=O)c3cccnc3)C2)cc1. The maximum absolute atomic E-state index is 13.5. The number of para-hydroxylation sites is 1. The summed E-state index contributed by atoms with van der Waals surface area (Å²) in [5.41, 5.74) is 3.00. The number of hydrogen-bond acceptors (Lipinski definition) is 7. The van der Waals surface area contributed by atoms with Crippen molar-refractivity contribution < 1.29 is 19.1 Å². The lowest BCUT2D eigenvalue weighted by Crippen LogP contribution is -2.27. The molecule has 0 bridgehead atoms. The Kier molecular flexibility index (Phi) is 6.48. The fourth-order valence-corrected chi connectivity index (χ4v) is 4.01. The zero-order valence-corrected chi connectivity index (χ0v) is 19.4. The molecule has 1 aliphatic rings. The summed E-state index contributed by atoms with van der Waals surface area (Å²) in [4.78, 5) is 34.3. The van der Waals surface area contributed by atoms with Crippen molar-refractivity contribution in [3.63, 3.8) is 0 Å². The number of ether oxygens (including phenoxy) is 2. The lowest BCUT2D eigenvalue weighted by Gasteiger charge is -2.23. The number of hydrogen-bond donors (Lipinski definition) is 0. The van der Waals surface area contributed by atoms with Gasteiger partial charge in [-0.05, 0) is 60.2 Å². The number of carbonyl (C=O) groups is 2. The van der Waals surface area contributed by atoms with Crippen LogP contribution in [0, 0.1) is 0 Å². The number of nitrogens with zero attached hydrogens (tertiary/aromatic N) is 4. The van der Waals surface area contributed by atoms with E-state index in [4.69, 9.17) is 14.6 Å². The van der Waals surface area contributed by atoms with Crippen LogP contribution in [-0.2, 0) is 0 Å². The third kappa shape index (κ3) is 4.69. The molecule has 1 aliphatic heterocycles. The third-order valence-electron chi connectivity index (χ3n) is 5.83. The summed E-state index contributed by atoms with van der Waals surface area (Å²) in [6.45, 7) is 0. The standard InChI is InChI=1S/C28H22N4O4/c1-35-22-12-10-19(11-13-22)24-16-25(32(31-24)27(33)20-6-4-14-29-17-20)23-8-2-3-9-26(23)36-28(34)21-7-5-15-30-18-21/h2-15,17-18,25H,16H2,1H3. The summed E-state index contributed by atoms with van der Waals surface area (Å²) in [7, 11) is 1.61. The molecule has 0 spiro atoms. The minimum atomic E-state index is -0.532. The molecule has 0 fully saturated rings. The molecule has 1 unspecified atom stereocenters. The second-order valence-corrected chi connectivity index (χ2v) is 8.06. The first-order valence-electron chi connectivity index (χ1n) is 11.3. The number of carbonyl (C=O) groups excluding carboxylic acids is 2. The van der Waals surface area contributed by atoms with Crippen LogP contribution in [0.25, 0.3) is 0 Å². The van der Waals surface area contributed by atoms with E-state index >= 15 is 0 Å². The molecule has 0 saturated carbocycles. The molecule has 4 aromatic rings. The van der Waals surface area contributed by atoms with Crippen LogP contribution in [0.5, 0.6) is 11.5 Å². The number of amides is 1. The Morgan fingerprint density at radius 3 is 2.22 bits per heavy atom.